The van der Waals surface area contributed by atoms with E-state index in [0.717, 1.165) is 35.0 Å². The maximum Gasteiger partial charge on any atom is 0.251 e. The van der Waals surface area contributed by atoms with Crippen LogP contribution < -0.4 is 5.32 Å². The average molecular weight is 377 g/mol. The molecule has 5 heteroatoms. The molecule has 2 aromatic carbocycles. The number of aliphatic hydroxyl groups is 1. The van der Waals surface area contributed by atoms with Crippen molar-refractivity contribution in [2.45, 2.75) is 57.6 Å². The molecule has 1 fully saturated rings. The zero-order valence-corrected chi connectivity index (χ0v) is 16.2. The van der Waals surface area contributed by atoms with E-state index in [2.05, 4.69) is 15.3 Å². The Balaban J connectivity index is 1.56. The lowest BCUT2D eigenvalue weighted by Crippen LogP contribution is -2.34. The van der Waals surface area contributed by atoms with Gasteiger partial charge >= 0.3 is 0 Å². The third-order valence-electron chi connectivity index (χ3n) is 5.54. The van der Waals surface area contributed by atoms with E-state index in [4.69, 9.17) is 0 Å². The number of hydrogen-bond donors (Lipinski definition) is 3. The predicted molar refractivity (Wildman–Crippen MR) is 111 cm³/mol. The Labute approximate surface area is 165 Å². The Bertz CT molecular complexity index is 969. The van der Waals surface area contributed by atoms with Crippen molar-refractivity contribution in [1.29, 1.82) is 0 Å². The van der Waals surface area contributed by atoms with E-state index >= 15 is 0 Å². The van der Waals surface area contributed by atoms with Crippen LogP contribution in [0.4, 0.5) is 0 Å². The summed E-state index contributed by atoms with van der Waals surface area (Å²) in [6.45, 7) is 1.69. The van der Waals surface area contributed by atoms with Crippen LogP contribution in [0.1, 0.15) is 67.7 Å². The van der Waals surface area contributed by atoms with Crippen molar-refractivity contribution in [3.63, 3.8) is 0 Å². The highest BCUT2D eigenvalue weighted by atomic mass is 16.3. The molecule has 3 N–H and O–H groups in total. The number of aliphatic hydroxyl groups excluding tert-OH is 1. The van der Waals surface area contributed by atoms with Gasteiger partial charge in [0.1, 0.15) is 11.9 Å². The number of carbonyl (C=O) groups is 1. The van der Waals surface area contributed by atoms with Gasteiger partial charge in [0.25, 0.3) is 5.91 Å². The number of nitrogens with one attached hydrogen (secondary N) is 2. The van der Waals surface area contributed by atoms with Crippen LogP contribution in [0.5, 0.6) is 0 Å². The molecule has 5 nitrogen and oxygen atoms in total. The van der Waals surface area contributed by atoms with Crippen LogP contribution in [0.2, 0.25) is 0 Å². The fourth-order valence-corrected chi connectivity index (χ4v) is 3.94. The molecular formula is C23H27N3O2. The Morgan fingerprint density at radius 3 is 2.61 bits per heavy atom. The lowest BCUT2D eigenvalue weighted by Gasteiger charge is -2.16. The lowest BCUT2D eigenvalue weighted by molar-refractivity contribution is 0.0933. The maximum absolute atomic E-state index is 12.7. The van der Waals surface area contributed by atoms with E-state index in [9.17, 15) is 9.90 Å². The van der Waals surface area contributed by atoms with Crippen molar-refractivity contribution < 1.29 is 9.90 Å². The van der Waals surface area contributed by atoms with Gasteiger partial charge in [0, 0.05) is 11.6 Å². The van der Waals surface area contributed by atoms with Crippen molar-refractivity contribution >= 4 is 16.9 Å². The van der Waals surface area contributed by atoms with Crippen molar-refractivity contribution in [1.82, 2.24) is 15.3 Å². The standard InChI is InChI=1S/C23H27N3O2/c1-15(27)22-25-20-12-11-17(14-21(20)26-22)16-7-6-8-18(13-16)23(28)24-19-9-4-2-3-5-10-19/h6-8,11-15,19,27H,2-5,9-10H2,1H3,(H,24,28)(H,25,26)/t15-/m1/s1. The van der Waals surface area contributed by atoms with E-state index in [1.54, 1.807) is 6.92 Å². The molecule has 3 aromatic rings. The first kappa shape index (κ1) is 18.7. The molecule has 1 atom stereocenters. The number of amides is 1. The molecule has 0 unspecified atom stereocenters. The molecule has 1 aliphatic carbocycles. The summed E-state index contributed by atoms with van der Waals surface area (Å²) >= 11 is 0. The molecule has 1 aliphatic rings. The molecule has 0 saturated heterocycles. The van der Waals surface area contributed by atoms with E-state index in [1.165, 1.54) is 25.7 Å². The van der Waals surface area contributed by atoms with Crippen molar-refractivity contribution in [3.8, 4) is 11.1 Å². The third-order valence-corrected chi connectivity index (χ3v) is 5.54. The van der Waals surface area contributed by atoms with Gasteiger partial charge in [-0.05, 0) is 55.2 Å². The first-order valence-corrected chi connectivity index (χ1v) is 10.2. The Morgan fingerprint density at radius 2 is 1.86 bits per heavy atom. The second-order valence-corrected chi connectivity index (χ2v) is 7.77. The van der Waals surface area contributed by atoms with Crippen molar-refractivity contribution in [3.05, 3.63) is 53.9 Å². The summed E-state index contributed by atoms with van der Waals surface area (Å²) in [5.74, 6) is 0.566. The van der Waals surface area contributed by atoms with Crippen LogP contribution in [0.25, 0.3) is 22.2 Å². The van der Waals surface area contributed by atoms with Crippen LogP contribution in [-0.2, 0) is 0 Å². The number of aromatic nitrogens is 2. The highest BCUT2D eigenvalue weighted by Gasteiger charge is 2.16. The summed E-state index contributed by atoms with van der Waals surface area (Å²) < 4.78 is 0. The highest BCUT2D eigenvalue weighted by Crippen LogP contribution is 2.25. The lowest BCUT2D eigenvalue weighted by atomic mass is 10.0. The fraction of sp³-hybridized carbons (Fsp3) is 0.391. The van der Waals surface area contributed by atoms with Gasteiger partial charge in [0.05, 0.1) is 11.0 Å². The second-order valence-electron chi connectivity index (χ2n) is 7.77. The molecule has 0 aliphatic heterocycles. The predicted octanol–water partition coefficient (Wildman–Crippen LogP) is 4.74. The summed E-state index contributed by atoms with van der Waals surface area (Å²) in [4.78, 5) is 20.3. The van der Waals surface area contributed by atoms with Crippen LogP contribution in [0.3, 0.4) is 0 Å². The topological polar surface area (TPSA) is 78.0 Å². The average Bonchev–Trinajstić information content (AvgIpc) is 2.98. The summed E-state index contributed by atoms with van der Waals surface area (Å²) in [6.07, 6.45) is 6.46. The van der Waals surface area contributed by atoms with Gasteiger partial charge in [-0.1, -0.05) is 43.9 Å². The number of nitrogens with zero attached hydrogens (tertiary/aromatic N) is 1. The zero-order chi connectivity index (χ0) is 19.5. The molecule has 1 heterocycles. The Kier molecular flexibility index (Phi) is 5.44. The van der Waals surface area contributed by atoms with Gasteiger partial charge in [0.2, 0.25) is 0 Å². The van der Waals surface area contributed by atoms with Gasteiger partial charge in [-0.3, -0.25) is 4.79 Å². The van der Waals surface area contributed by atoms with Gasteiger partial charge in [-0.15, -0.1) is 0 Å². The number of H-pyrrole nitrogens is 1. The smallest absolute Gasteiger partial charge is 0.251 e. The maximum atomic E-state index is 12.7. The van der Waals surface area contributed by atoms with E-state index in [0.29, 0.717) is 17.4 Å². The number of hydrogen-bond acceptors (Lipinski definition) is 3. The summed E-state index contributed by atoms with van der Waals surface area (Å²) in [5.41, 5.74) is 4.39. The fourth-order valence-electron chi connectivity index (χ4n) is 3.94. The van der Waals surface area contributed by atoms with E-state index < -0.39 is 6.10 Å². The number of benzene rings is 2. The first-order valence-electron chi connectivity index (χ1n) is 10.2. The molecule has 0 radical (unpaired) electrons. The van der Waals surface area contributed by atoms with E-state index in [1.807, 2.05) is 42.5 Å². The minimum atomic E-state index is -0.633. The quantitative estimate of drug-likeness (QED) is 0.575. The Morgan fingerprint density at radius 1 is 1.11 bits per heavy atom. The van der Waals surface area contributed by atoms with Crippen LogP contribution in [0, 0.1) is 0 Å². The Hall–Kier alpha value is -2.66. The van der Waals surface area contributed by atoms with Gasteiger partial charge in [-0.2, -0.15) is 0 Å². The molecule has 1 amide bonds. The van der Waals surface area contributed by atoms with Gasteiger partial charge in [0.15, 0.2) is 0 Å². The second kappa shape index (κ2) is 8.15. The monoisotopic (exact) mass is 377 g/mol. The summed E-state index contributed by atoms with van der Waals surface area (Å²) in [5, 5.41) is 12.9. The first-order chi connectivity index (χ1) is 13.6. The van der Waals surface area contributed by atoms with E-state index in [-0.39, 0.29) is 5.91 Å². The number of carbonyl (C=O) groups excluding carboxylic acids is 1. The molecule has 1 saturated carbocycles. The number of aromatic amines is 1. The van der Waals surface area contributed by atoms with Gasteiger partial charge in [-0.25, -0.2) is 4.98 Å². The summed E-state index contributed by atoms with van der Waals surface area (Å²) in [7, 11) is 0. The summed E-state index contributed by atoms with van der Waals surface area (Å²) in [6, 6.07) is 14.0. The highest BCUT2D eigenvalue weighted by molar-refractivity contribution is 5.96. The number of rotatable bonds is 4. The SMILES string of the molecule is C[C@@H](O)c1nc2ccc(-c3cccc(C(=O)NC4CCCCCC4)c3)cc2[nH]1. The minimum absolute atomic E-state index is 0.00719. The normalized spacial score (nSPS) is 16.6. The van der Waals surface area contributed by atoms with Gasteiger partial charge < -0.3 is 15.4 Å². The third kappa shape index (κ3) is 4.09. The molecule has 4 rings (SSSR count). The largest absolute Gasteiger partial charge is 0.385 e. The van der Waals surface area contributed by atoms with Crippen molar-refractivity contribution in [2.24, 2.45) is 0 Å². The van der Waals surface area contributed by atoms with Crippen molar-refractivity contribution in [2.75, 3.05) is 0 Å². The number of fused-ring (bicyclic) bond motifs is 1. The number of imidazole rings is 1. The minimum Gasteiger partial charge on any atom is -0.385 e. The molecule has 0 spiro atoms. The molecular weight excluding hydrogens is 350 g/mol. The zero-order valence-electron chi connectivity index (χ0n) is 16.2. The molecule has 146 valence electrons. The van der Waals surface area contributed by atoms with Crippen LogP contribution >= 0.6 is 0 Å². The molecule has 1 aromatic heterocycles. The molecule has 0 bridgehead atoms. The van der Waals surface area contributed by atoms with Crippen LogP contribution in [-0.4, -0.2) is 27.0 Å². The van der Waals surface area contributed by atoms with Crippen LogP contribution in [0.15, 0.2) is 42.5 Å². The molecule has 28 heavy (non-hydrogen) atoms.